The molecule has 1 amide bonds. The van der Waals surface area contributed by atoms with Gasteiger partial charge in [-0.3, -0.25) is 4.79 Å². The molecule has 116 valence electrons. The zero-order valence-corrected chi connectivity index (χ0v) is 13.5. The van der Waals surface area contributed by atoms with Crippen LogP contribution in [-0.4, -0.2) is 19.0 Å². The van der Waals surface area contributed by atoms with Gasteiger partial charge in [0.25, 0.3) is 0 Å². The second kappa shape index (κ2) is 7.08. The van der Waals surface area contributed by atoms with E-state index in [1.165, 1.54) is 0 Å². The predicted molar refractivity (Wildman–Crippen MR) is 86.8 cm³/mol. The van der Waals surface area contributed by atoms with Gasteiger partial charge >= 0.3 is 0 Å². The lowest BCUT2D eigenvalue weighted by Gasteiger charge is -2.40. The molecule has 3 heteroatoms. The lowest BCUT2D eigenvalue weighted by molar-refractivity contribution is -0.123. The summed E-state index contributed by atoms with van der Waals surface area (Å²) in [5.41, 5.74) is 1.40. The smallest absolute Gasteiger partial charge is 0.220 e. The Hall–Kier alpha value is -1.35. The van der Waals surface area contributed by atoms with Crippen molar-refractivity contribution in [3.8, 4) is 0 Å². The van der Waals surface area contributed by atoms with Crippen molar-refractivity contribution in [2.75, 3.05) is 13.1 Å². The highest BCUT2D eigenvalue weighted by Gasteiger charge is 2.34. The summed E-state index contributed by atoms with van der Waals surface area (Å²) in [6, 6.07) is 10.1. The van der Waals surface area contributed by atoms with Crippen molar-refractivity contribution >= 4 is 5.91 Å². The van der Waals surface area contributed by atoms with Gasteiger partial charge < -0.3 is 10.6 Å². The minimum atomic E-state index is 0.181. The fourth-order valence-corrected chi connectivity index (χ4v) is 3.28. The Morgan fingerprint density at radius 1 is 1.29 bits per heavy atom. The number of hydrogen-bond acceptors (Lipinski definition) is 2. The molecule has 1 aromatic carbocycles. The molecule has 0 bridgehead atoms. The molecule has 2 atom stereocenters. The van der Waals surface area contributed by atoms with Crippen LogP contribution in [0.4, 0.5) is 0 Å². The molecule has 2 N–H and O–H groups in total. The van der Waals surface area contributed by atoms with Gasteiger partial charge in [-0.15, -0.1) is 0 Å². The summed E-state index contributed by atoms with van der Waals surface area (Å²) in [5, 5.41) is 6.53. The van der Waals surface area contributed by atoms with Crippen LogP contribution in [0.2, 0.25) is 0 Å². The lowest BCUT2D eigenvalue weighted by atomic mass is 9.69. The molecule has 0 aromatic heterocycles. The zero-order valence-electron chi connectivity index (χ0n) is 13.5. The molecule has 0 radical (unpaired) electrons. The van der Waals surface area contributed by atoms with Gasteiger partial charge in [0.05, 0.1) is 0 Å². The van der Waals surface area contributed by atoms with Gasteiger partial charge in [-0.1, -0.05) is 51.1 Å². The largest absolute Gasteiger partial charge is 0.352 e. The SMILES string of the molecule is CC(C)(C)[C@@H]1CNCC[C@H]1CC(=O)NCc1ccccc1. The van der Waals surface area contributed by atoms with E-state index in [2.05, 4.69) is 31.4 Å². The summed E-state index contributed by atoms with van der Waals surface area (Å²) in [6.07, 6.45) is 1.75. The van der Waals surface area contributed by atoms with Crippen molar-refractivity contribution in [2.45, 2.75) is 40.2 Å². The number of piperidine rings is 1. The van der Waals surface area contributed by atoms with Crippen LogP contribution < -0.4 is 10.6 Å². The van der Waals surface area contributed by atoms with Crippen LogP contribution in [0.15, 0.2) is 30.3 Å². The maximum Gasteiger partial charge on any atom is 0.220 e. The van der Waals surface area contributed by atoms with Gasteiger partial charge in [0, 0.05) is 13.0 Å². The molecule has 1 aliphatic heterocycles. The first-order chi connectivity index (χ1) is 9.97. The molecule has 0 aliphatic carbocycles. The molecule has 0 unspecified atom stereocenters. The third kappa shape index (κ3) is 4.85. The fourth-order valence-electron chi connectivity index (χ4n) is 3.28. The first-order valence-corrected chi connectivity index (χ1v) is 7.98. The van der Waals surface area contributed by atoms with E-state index in [1.54, 1.807) is 0 Å². The van der Waals surface area contributed by atoms with Crippen LogP contribution >= 0.6 is 0 Å². The number of benzene rings is 1. The van der Waals surface area contributed by atoms with E-state index in [-0.39, 0.29) is 11.3 Å². The molecule has 1 saturated heterocycles. The first kappa shape index (κ1) is 16.0. The van der Waals surface area contributed by atoms with Crippen molar-refractivity contribution < 1.29 is 4.79 Å². The topological polar surface area (TPSA) is 41.1 Å². The van der Waals surface area contributed by atoms with E-state index in [0.717, 1.165) is 25.1 Å². The number of hydrogen-bond donors (Lipinski definition) is 2. The van der Waals surface area contributed by atoms with Crippen LogP contribution in [0.1, 0.15) is 39.2 Å². The molecule has 1 fully saturated rings. The highest BCUT2D eigenvalue weighted by molar-refractivity contribution is 5.76. The van der Waals surface area contributed by atoms with Crippen molar-refractivity contribution in [1.29, 1.82) is 0 Å². The minimum absolute atomic E-state index is 0.181. The van der Waals surface area contributed by atoms with E-state index in [1.807, 2.05) is 30.3 Å². The molecule has 1 aromatic rings. The molecule has 3 nitrogen and oxygen atoms in total. The summed E-state index contributed by atoms with van der Waals surface area (Å²) >= 11 is 0. The van der Waals surface area contributed by atoms with E-state index < -0.39 is 0 Å². The Labute approximate surface area is 128 Å². The highest BCUT2D eigenvalue weighted by atomic mass is 16.1. The van der Waals surface area contributed by atoms with Crippen LogP contribution in [0.25, 0.3) is 0 Å². The summed E-state index contributed by atoms with van der Waals surface area (Å²) in [7, 11) is 0. The maximum atomic E-state index is 12.2. The molecule has 1 aliphatic rings. The number of nitrogens with one attached hydrogen (secondary N) is 2. The van der Waals surface area contributed by atoms with Crippen molar-refractivity contribution in [3.63, 3.8) is 0 Å². The molecule has 0 saturated carbocycles. The quantitative estimate of drug-likeness (QED) is 0.894. The fraction of sp³-hybridized carbons (Fsp3) is 0.611. The lowest BCUT2D eigenvalue weighted by Crippen LogP contribution is -2.44. The van der Waals surface area contributed by atoms with E-state index in [0.29, 0.717) is 24.8 Å². The molecular formula is C18H28N2O. The number of amides is 1. The highest BCUT2D eigenvalue weighted by Crippen LogP contribution is 2.36. The zero-order chi connectivity index (χ0) is 15.3. The third-order valence-electron chi connectivity index (χ3n) is 4.52. The molecule has 21 heavy (non-hydrogen) atoms. The van der Waals surface area contributed by atoms with Crippen LogP contribution in [-0.2, 0) is 11.3 Å². The third-order valence-corrected chi connectivity index (χ3v) is 4.52. The van der Waals surface area contributed by atoms with Gasteiger partial charge in [-0.05, 0) is 42.3 Å². The van der Waals surface area contributed by atoms with Crippen molar-refractivity contribution in [1.82, 2.24) is 10.6 Å². The van der Waals surface area contributed by atoms with Crippen LogP contribution in [0.3, 0.4) is 0 Å². The predicted octanol–water partition coefficient (Wildman–Crippen LogP) is 2.96. The van der Waals surface area contributed by atoms with Gasteiger partial charge in [0.2, 0.25) is 5.91 Å². The average molecular weight is 288 g/mol. The summed E-state index contributed by atoms with van der Waals surface area (Å²) in [4.78, 5) is 12.2. The average Bonchev–Trinajstić information content (AvgIpc) is 2.46. The first-order valence-electron chi connectivity index (χ1n) is 7.98. The molecule has 2 rings (SSSR count). The summed E-state index contributed by atoms with van der Waals surface area (Å²) < 4.78 is 0. The van der Waals surface area contributed by atoms with Crippen molar-refractivity contribution in [2.24, 2.45) is 17.3 Å². The minimum Gasteiger partial charge on any atom is -0.352 e. The Bertz CT molecular complexity index is 450. The number of carbonyl (C=O) groups excluding carboxylic acids is 1. The summed E-state index contributed by atoms with van der Waals surface area (Å²) in [6.45, 7) is 9.52. The van der Waals surface area contributed by atoms with E-state index in [9.17, 15) is 4.79 Å². The Kier molecular flexibility index (Phi) is 5.40. The van der Waals surface area contributed by atoms with Gasteiger partial charge in [0.15, 0.2) is 0 Å². The monoisotopic (exact) mass is 288 g/mol. The molecular weight excluding hydrogens is 260 g/mol. The van der Waals surface area contributed by atoms with Crippen LogP contribution in [0, 0.1) is 17.3 Å². The normalized spacial score (nSPS) is 22.8. The van der Waals surface area contributed by atoms with Gasteiger partial charge in [-0.25, -0.2) is 0 Å². The summed E-state index contributed by atoms with van der Waals surface area (Å²) in [5.74, 6) is 1.23. The second-order valence-corrected chi connectivity index (χ2v) is 7.19. The van der Waals surface area contributed by atoms with E-state index >= 15 is 0 Å². The molecule has 1 heterocycles. The Morgan fingerprint density at radius 3 is 2.67 bits per heavy atom. The standard InChI is InChI=1S/C18H28N2O/c1-18(2,3)16-13-19-10-9-15(16)11-17(21)20-12-14-7-5-4-6-8-14/h4-8,15-16,19H,9-13H2,1-3H3,(H,20,21)/t15-,16+/m0/s1. The number of rotatable bonds is 4. The Balaban J connectivity index is 1.86. The molecule has 0 spiro atoms. The second-order valence-electron chi connectivity index (χ2n) is 7.19. The van der Waals surface area contributed by atoms with Crippen molar-refractivity contribution in [3.05, 3.63) is 35.9 Å². The van der Waals surface area contributed by atoms with Gasteiger partial charge in [0.1, 0.15) is 0 Å². The van der Waals surface area contributed by atoms with Gasteiger partial charge in [-0.2, -0.15) is 0 Å². The Morgan fingerprint density at radius 2 is 2.00 bits per heavy atom. The maximum absolute atomic E-state index is 12.2. The number of carbonyl (C=O) groups is 1. The van der Waals surface area contributed by atoms with Crippen LogP contribution in [0.5, 0.6) is 0 Å². The van der Waals surface area contributed by atoms with E-state index in [4.69, 9.17) is 0 Å².